The summed E-state index contributed by atoms with van der Waals surface area (Å²) in [5.74, 6) is -0.216. The third-order valence-electron chi connectivity index (χ3n) is 2.53. The van der Waals surface area contributed by atoms with Crippen LogP contribution in [-0.4, -0.2) is 42.2 Å². The molecule has 1 heterocycles. The van der Waals surface area contributed by atoms with Gasteiger partial charge in [0.15, 0.2) is 0 Å². The minimum absolute atomic E-state index is 0.0261. The summed E-state index contributed by atoms with van der Waals surface area (Å²) in [6, 6.07) is 0.258. The van der Waals surface area contributed by atoms with Gasteiger partial charge in [-0.05, 0) is 20.3 Å². The van der Waals surface area contributed by atoms with E-state index in [1.807, 2.05) is 0 Å². The normalized spacial score (nSPS) is 19.6. The first-order valence-corrected chi connectivity index (χ1v) is 5.60. The fourth-order valence-electron chi connectivity index (χ4n) is 1.54. The molecule has 92 valence electrons. The van der Waals surface area contributed by atoms with Crippen LogP contribution in [0.15, 0.2) is 4.99 Å². The van der Waals surface area contributed by atoms with Gasteiger partial charge in [0.05, 0.1) is 12.9 Å². The molecule has 0 radical (unpaired) electrons. The molecule has 1 aliphatic heterocycles. The van der Waals surface area contributed by atoms with E-state index in [2.05, 4.69) is 10.3 Å². The Bertz CT molecular complexity index is 256. The summed E-state index contributed by atoms with van der Waals surface area (Å²) in [6.45, 7) is 4.36. The summed E-state index contributed by atoms with van der Waals surface area (Å²) in [4.78, 5) is 15.5. The van der Waals surface area contributed by atoms with Gasteiger partial charge in [-0.15, -0.1) is 0 Å². The van der Waals surface area contributed by atoms with Crippen LogP contribution >= 0.6 is 0 Å². The lowest BCUT2D eigenvalue weighted by Gasteiger charge is -2.24. The largest absolute Gasteiger partial charge is 0.460 e. The first kappa shape index (κ1) is 13.0. The van der Waals surface area contributed by atoms with Crippen LogP contribution in [0.2, 0.25) is 0 Å². The standard InChI is InChI=1S/C11H20N2O3/c1-11(2,5-6-14)16-10(15)4-3-9-7-12-8-13-9/h8-9,14H,3-7H2,1-2H3,(H,12,13). The molecule has 0 aromatic rings. The predicted molar refractivity (Wildman–Crippen MR) is 61.4 cm³/mol. The van der Waals surface area contributed by atoms with Crippen molar-refractivity contribution in [3.8, 4) is 0 Å². The van der Waals surface area contributed by atoms with Crippen molar-refractivity contribution < 1.29 is 14.6 Å². The van der Waals surface area contributed by atoms with Crippen LogP contribution in [0.25, 0.3) is 0 Å². The van der Waals surface area contributed by atoms with Crippen LogP contribution < -0.4 is 5.32 Å². The lowest BCUT2D eigenvalue weighted by molar-refractivity contribution is -0.157. The van der Waals surface area contributed by atoms with Crippen molar-refractivity contribution >= 4 is 12.3 Å². The number of hydrogen-bond acceptors (Lipinski definition) is 5. The lowest BCUT2D eigenvalue weighted by atomic mass is 10.1. The Kier molecular flexibility index (Phi) is 4.73. The molecule has 2 N–H and O–H groups in total. The molecule has 0 spiro atoms. The molecule has 0 bridgehead atoms. The van der Waals surface area contributed by atoms with Gasteiger partial charge in [0.2, 0.25) is 0 Å². The lowest BCUT2D eigenvalue weighted by Crippen LogP contribution is -2.31. The maximum Gasteiger partial charge on any atom is 0.306 e. The van der Waals surface area contributed by atoms with Gasteiger partial charge in [0, 0.05) is 25.5 Å². The van der Waals surface area contributed by atoms with Crippen molar-refractivity contribution in [3.63, 3.8) is 0 Å². The van der Waals surface area contributed by atoms with E-state index in [9.17, 15) is 4.79 Å². The first-order chi connectivity index (χ1) is 7.53. The van der Waals surface area contributed by atoms with E-state index in [1.54, 1.807) is 20.2 Å². The highest BCUT2D eigenvalue weighted by Gasteiger charge is 2.22. The van der Waals surface area contributed by atoms with Gasteiger partial charge >= 0.3 is 5.97 Å². The maximum absolute atomic E-state index is 11.5. The molecule has 1 unspecified atom stereocenters. The van der Waals surface area contributed by atoms with Crippen molar-refractivity contribution in [1.29, 1.82) is 0 Å². The molecule has 5 nitrogen and oxygen atoms in total. The second kappa shape index (κ2) is 5.84. The average molecular weight is 228 g/mol. The Morgan fingerprint density at radius 3 is 3.00 bits per heavy atom. The molecule has 1 rings (SSSR count). The van der Waals surface area contributed by atoms with Gasteiger partial charge in [0.25, 0.3) is 0 Å². The number of aliphatic hydroxyl groups is 1. The molecule has 16 heavy (non-hydrogen) atoms. The van der Waals surface area contributed by atoms with Crippen LogP contribution in [-0.2, 0) is 9.53 Å². The summed E-state index contributed by atoms with van der Waals surface area (Å²) in [5, 5.41) is 11.9. The zero-order chi connectivity index (χ0) is 12.0. The number of nitrogens with zero attached hydrogens (tertiary/aromatic N) is 1. The molecular formula is C11H20N2O3. The maximum atomic E-state index is 11.5. The van der Waals surface area contributed by atoms with E-state index < -0.39 is 5.60 Å². The molecule has 0 aromatic carbocycles. The minimum atomic E-state index is -0.578. The quantitative estimate of drug-likeness (QED) is 0.648. The van der Waals surface area contributed by atoms with Crippen molar-refractivity contribution in [2.24, 2.45) is 4.99 Å². The summed E-state index contributed by atoms with van der Waals surface area (Å²) in [6.07, 6.45) is 3.25. The Labute approximate surface area is 95.9 Å². The Balaban J connectivity index is 2.19. The number of carbonyl (C=O) groups is 1. The highest BCUT2D eigenvalue weighted by molar-refractivity contribution is 5.70. The van der Waals surface area contributed by atoms with Crippen LogP contribution in [0.4, 0.5) is 0 Å². The number of aliphatic hydroxyl groups excluding tert-OH is 1. The number of aliphatic imine (C=N–C) groups is 1. The zero-order valence-electron chi connectivity index (χ0n) is 9.90. The first-order valence-electron chi connectivity index (χ1n) is 5.60. The Morgan fingerprint density at radius 1 is 1.69 bits per heavy atom. The second-order valence-corrected chi connectivity index (χ2v) is 4.60. The highest BCUT2D eigenvalue weighted by Crippen LogP contribution is 2.15. The Morgan fingerprint density at radius 2 is 2.44 bits per heavy atom. The van der Waals surface area contributed by atoms with Crippen LogP contribution in [0.1, 0.15) is 33.1 Å². The molecule has 0 aromatic heterocycles. The van der Waals surface area contributed by atoms with Crippen molar-refractivity contribution in [3.05, 3.63) is 0 Å². The highest BCUT2D eigenvalue weighted by atomic mass is 16.6. The zero-order valence-corrected chi connectivity index (χ0v) is 9.90. The molecule has 5 heteroatoms. The third-order valence-corrected chi connectivity index (χ3v) is 2.53. The number of carbonyl (C=O) groups excluding carboxylic acids is 1. The van der Waals surface area contributed by atoms with E-state index >= 15 is 0 Å². The smallest absolute Gasteiger partial charge is 0.306 e. The number of esters is 1. The van der Waals surface area contributed by atoms with E-state index in [0.29, 0.717) is 12.8 Å². The van der Waals surface area contributed by atoms with Gasteiger partial charge in [-0.3, -0.25) is 9.79 Å². The van der Waals surface area contributed by atoms with Gasteiger partial charge in [0.1, 0.15) is 5.60 Å². The summed E-state index contributed by atoms with van der Waals surface area (Å²) >= 11 is 0. The minimum Gasteiger partial charge on any atom is -0.460 e. The van der Waals surface area contributed by atoms with E-state index in [1.165, 1.54) is 0 Å². The molecular weight excluding hydrogens is 208 g/mol. The van der Waals surface area contributed by atoms with Crippen LogP contribution in [0, 0.1) is 0 Å². The van der Waals surface area contributed by atoms with Crippen LogP contribution in [0.5, 0.6) is 0 Å². The number of ether oxygens (including phenoxy) is 1. The predicted octanol–water partition coefficient (Wildman–Crippen LogP) is 0.471. The monoisotopic (exact) mass is 228 g/mol. The summed E-state index contributed by atoms with van der Waals surface area (Å²) in [7, 11) is 0. The van der Waals surface area contributed by atoms with Crippen molar-refractivity contribution in [2.75, 3.05) is 13.2 Å². The van der Waals surface area contributed by atoms with Gasteiger partial charge < -0.3 is 15.2 Å². The summed E-state index contributed by atoms with van der Waals surface area (Å²) < 4.78 is 5.27. The van der Waals surface area contributed by atoms with Gasteiger partial charge in [-0.1, -0.05) is 0 Å². The average Bonchev–Trinajstić information content (AvgIpc) is 2.66. The van der Waals surface area contributed by atoms with E-state index in [4.69, 9.17) is 9.84 Å². The third kappa shape index (κ3) is 4.61. The second-order valence-electron chi connectivity index (χ2n) is 4.60. The molecule has 0 amide bonds. The van der Waals surface area contributed by atoms with E-state index in [-0.39, 0.29) is 18.6 Å². The molecule has 0 aliphatic carbocycles. The fourth-order valence-corrected chi connectivity index (χ4v) is 1.54. The SMILES string of the molecule is CC(C)(CCO)OC(=O)CCC1CN=CN1. The van der Waals surface area contributed by atoms with E-state index in [0.717, 1.165) is 13.0 Å². The van der Waals surface area contributed by atoms with Gasteiger partial charge in [-0.2, -0.15) is 0 Å². The number of nitrogens with one attached hydrogen (secondary N) is 1. The van der Waals surface area contributed by atoms with Crippen molar-refractivity contribution in [2.45, 2.75) is 44.8 Å². The molecule has 0 saturated heterocycles. The Hall–Kier alpha value is -1.10. The number of hydrogen-bond donors (Lipinski definition) is 2. The van der Waals surface area contributed by atoms with Crippen molar-refractivity contribution in [1.82, 2.24) is 5.32 Å². The van der Waals surface area contributed by atoms with Crippen LogP contribution in [0.3, 0.4) is 0 Å². The molecule has 0 saturated carbocycles. The molecule has 0 fully saturated rings. The topological polar surface area (TPSA) is 70.9 Å². The number of rotatable bonds is 6. The fraction of sp³-hybridized carbons (Fsp3) is 0.818. The molecule has 1 atom stereocenters. The summed E-state index contributed by atoms with van der Waals surface area (Å²) in [5.41, 5.74) is -0.578. The molecule has 1 aliphatic rings. The van der Waals surface area contributed by atoms with Gasteiger partial charge in [-0.25, -0.2) is 0 Å².